The van der Waals surface area contributed by atoms with Crippen LogP contribution in [0.3, 0.4) is 0 Å². The van der Waals surface area contributed by atoms with E-state index in [1.807, 2.05) is 0 Å². The Morgan fingerprint density at radius 2 is 1.21 bits per heavy atom. The van der Waals surface area contributed by atoms with E-state index >= 15 is 0 Å². The van der Waals surface area contributed by atoms with Gasteiger partial charge in [-0.3, -0.25) is 14.5 Å². The van der Waals surface area contributed by atoms with Crippen molar-refractivity contribution in [3.63, 3.8) is 0 Å². The van der Waals surface area contributed by atoms with Crippen molar-refractivity contribution < 1.29 is 14.7 Å². The monoisotopic (exact) mass is 412 g/mol. The lowest BCUT2D eigenvalue weighted by Gasteiger charge is -2.19. The Hall–Kier alpha value is -1.10. The van der Waals surface area contributed by atoms with E-state index in [2.05, 4.69) is 19.2 Å². The smallest absolute Gasteiger partial charge is 0.320 e. The van der Waals surface area contributed by atoms with Crippen LogP contribution in [0.4, 0.5) is 0 Å². The van der Waals surface area contributed by atoms with E-state index in [1.54, 1.807) is 19.0 Å². The Bertz CT molecular complexity index is 411. The number of amides is 1. The van der Waals surface area contributed by atoms with Gasteiger partial charge < -0.3 is 10.4 Å². The van der Waals surface area contributed by atoms with Gasteiger partial charge in [-0.2, -0.15) is 0 Å². The quantitative estimate of drug-likeness (QED) is 0.254. The molecule has 0 heterocycles. The number of likely N-dealkylation sites (N-methyl/N-ethyl adjacent to an activating group) is 1. The maximum absolute atomic E-state index is 11.8. The van der Waals surface area contributed by atoms with Gasteiger partial charge in [0.25, 0.3) is 0 Å². The van der Waals surface area contributed by atoms with Gasteiger partial charge in [-0.15, -0.1) is 0 Å². The number of carbonyl (C=O) groups excluding carboxylic acids is 1. The summed E-state index contributed by atoms with van der Waals surface area (Å²) in [5.41, 5.74) is 0. The van der Waals surface area contributed by atoms with E-state index in [-0.39, 0.29) is 5.91 Å². The highest BCUT2D eigenvalue weighted by atomic mass is 16.4. The third kappa shape index (κ3) is 18.7. The fourth-order valence-electron chi connectivity index (χ4n) is 3.65. The van der Waals surface area contributed by atoms with Gasteiger partial charge >= 0.3 is 5.97 Å². The number of carboxylic acids is 1. The summed E-state index contributed by atoms with van der Waals surface area (Å²) in [4.78, 5) is 24.6. The van der Waals surface area contributed by atoms with Crippen molar-refractivity contribution in [1.29, 1.82) is 0 Å². The summed E-state index contributed by atoms with van der Waals surface area (Å²) in [5.74, 6) is 0.0521. The Morgan fingerprint density at radius 1 is 0.759 bits per heavy atom. The standard InChI is InChI=1S/C24H48N2O3/c1-21(2)17-15-13-11-9-7-5-6-8-10-12-14-16-18-23(27)25-20-19-22(24(28)29)26(3)4/h21-22H,5-20H2,1-4H3,(H,25,27)(H,28,29). The van der Waals surface area contributed by atoms with Crippen molar-refractivity contribution in [2.45, 2.75) is 116 Å². The molecule has 2 N–H and O–H groups in total. The molecule has 0 spiro atoms. The van der Waals surface area contributed by atoms with Crippen LogP contribution in [0, 0.1) is 5.92 Å². The van der Waals surface area contributed by atoms with Crippen LogP contribution in [-0.4, -0.2) is 48.6 Å². The van der Waals surface area contributed by atoms with Crippen LogP contribution in [-0.2, 0) is 9.59 Å². The summed E-state index contributed by atoms with van der Waals surface area (Å²) in [5, 5.41) is 11.9. The van der Waals surface area contributed by atoms with Crippen molar-refractivity contribution >= 4 is 11.9 Å². The fraction of sp³-hybridized carbons (Fsp3) is 0.917. The normalized spacial score (nSPS) is 12.5. The fourth-order valence-corrected chi connectivity index (χ4v) is 3.65. The number of nitrogens with one attached hydrogen (secondary N) is 1. The van der Waals surface area contributed by atoms with Crippen molar-refractivity contribution in [1.82, 2.24) is 10.2 Å². The second kappa shape index (κ2) is 18.9. The van der Waals surface area contributed by atoms with Crippen molar-refractivity contribution in [2.75, 3.05) is 20.6 Å². The molecule has 0 aliphatic rings. The summed E-state index contributed by atoms with van der Waals surface area (Å²) in [6.45, 7) is 5.03. The summed E-state index contributed by atoms with van der Waals surface area (Å²) >= 11 is 0. The van der Waals surface area contributed by atoms with Gasteiger partial charge in [-0.25, -0.2) is 0 Å². The van der Waals surface area contributed by atoms with Crippen LogP contribution in [0.15, 0.2) is 0 Å². The third-order valence-electron chi connectivity index (χ3n) is 5.58. The first-order valence-corrected chi connectivity index (χ1v) is 12.0. The van der Waals surface area contributed by atoms with E-state index in [0.717, 1.165) is 18.8 Å². The van der Waals surface area contributed by atoms with Gasteiger partial charge in [-0.1, -0.05) is 90.9 Å². The molecule has 0 aromatic carbocycles. The SMILES string of the molecule is CC(C)CCCCCCCCCCCCCCC(=O)NCCC(C(=O)O)N(C)C. The van der Waals surface area contributed by atoms with Gasteiger partial charge in [0.2, 0.25) is 5.91 Å². The number of rotatable bonds is 20. The first-order valence-electron chi connectivity index (χ1n) is 12.0. The van der Waals surface area contributed by atoms with Gasteiger partial charge in [0.15, 0.2) is 0 Å². The number of hydrogen-bond donors (Lipinski definition) is 2. The predicted octanol–water partition coefficient (Wildman–Crippen LogP) is 5.62. The molecule has 172 valence electrons. The van der Waals surface area contributed by atoms with Crippen LogP contribution in [0.5, 0.6) is 0 Å². The van der Waals surface area contributed by atoms with Gasteiger partial charge in [0, 0.05) is 13.0 Å². The second-order valence-corrected chi connectivity index (χ2v) is 9.13. The van der Waals surface area contributed by atoms with E-state index in [9.17, 15) is 9.59 Å². The highest BCUT2D eigenvalue weighted by molar-refractivity contribution is 5.76. The Balaban J connectivity index is 3.36. The molecule has 0 rings (SSSR count). The number of unbranched alkanes of at least 4 members (excludes halogenated alkanes) is 11. The van der Waals surface area contributed by atoms with Crippen LogP contribution in [0.1, 0.15) is 110 Å². The zero-order chi connectivity index (χ0) is 21.9. The predicted molar refractivity (Wildman–Crippen MR) is 122 cm³/mol. The molecule has 5 heteroatoms. The molecule has 1 amide bonds. The molecule has 0 saturated heterocycles. The van der Waals surface area contributed by atoms with E-state index in [0.29, 0.717) is 19.4 Å². The number of carbonyl (C=O) groups is 2. The molecule has 0 saturated carbocycles. The van der Waals surface area contributed by atoms with Crippen molar-refractivity contribution in [3.8, 4) is 0 Å². The first-order chi connectivity index (χ1) is 13.8. The molecule has 0 aromatic heterocycles. The lowest BCUT2D eigenvalue weighted by atomic mass is 10.0. The van der Waals surface area contributed by atoms with E-state index < -0.39 is 12.0 Å². The summed E-state index contributed by atoms with van der Waals surface area (Å²) in [7, 11) is 3.49. The molecule has 1 unspecified atom stereocenters. The molecule has 0 bridgehead atoms. The lowest BCUT2D eigenvalue weighted by molar-refractivity contribution is -0.142. The zero-order valence-corrected chi connectivity index (χ0v) is 19.7. The molecular weight excluding hydrogens is 364 g/mol. The van der Waals surface area contributed by atoms with Crippen LogP contribution in [0.25, 0.3) is 0 Å². The minimum atomic E-state index is -0.842. The molecule has 5 nitrogen and oxygen atoms in total. The van der Waals surface area contributed by atoms with E-state index in [4.69, 9.17) is 5.11 Å². The minimum Gasteiger partial charge on any atom is -0.480 e. The maximum atomic E-state index is 11.8. The number of carboxylic acid groups (broad SMARTS) is 1. The highest BCUT2D eigenvalue weighted by Crippen LogP contribution is 2.14. The lowest BCUT2D eigenvalue weighted by Crippen LogP contribution is -2.39. The van der Waals surface area contributed by atoms with Crippen LogP contribution >= 0.6 is 0 Å². The molecule has 1 atom stereocenters. The molecule has 0 aromatic rings. The molecular formula is C24H48N2O3. The first kappa shape index (κ1) is 27.9. The number of hydrogen-bond acceptors (Lipinski definition) is 3. The van der Waals surface area contributed by atoms with Gasteiger partial charge in [-0.05, 0) is 32.9 Å². The number of aliphatic carboxylic acids is 1. The molecule has 0 aliphatic heterocycles. The Kier molecular flexibility index (Phi) is 18.2. The average Bonchev–Trinajstić information content (AvgIpc) is 2.64. The molecule has 29 heavy (non-hydrogen) atoms. The Morgan fingerprint density at radius 3 is 1.62 bits per heavy atom. The van der Waals surface area contributed by atoms with Crippen molar-refractivity contribution in [2.24, 2.45) is 5.92 Å². The average molecular weight is 413 g/mol. The van der Waals surface area contributed by atoms with Crippen molar-refractivity contribution in [3.05, 3.63) is 0 Å². The van der Waals surface area contributed by atoms with Gasteiger partial charge in [0.1, 0.15) is 6.04 Å². The molecule has 0 radical (unpaired) electrons. The maximum Gasteiger partial charge on any atom is 0.320 e. The molecule has 0 fully saturated rings. The molecule has 0 aliphatic carbocycles. The third-order valence-corrected chi connectivity index (χ3v) is 5.58. The summed E-state index contributed by atoms with van der Waals surface area (Å²) in [6, 6.07) is -0.542. The summed E-state index contributed by atoms with van der Waals surface area (Å²) in [6.07, 6.45) is 17.9. The van der Waals surface area contributed by atoms with Crippen LogP contribution in [0.2, 0.25) is 0 Å². The largest absolute Gasteiger partial charge is 0.480 e. The summed E-state index contributed by atoms with van der Waals surface area (Å²) < 4.78 is 0. The second-order valence-electron chi connectivity index (χ2n) is 9.13. The topological polar surface area (TPSA) is 69.6 Å². The van der Waals surface area contributed by atoms with Crippen LogP contribution < -0.4 is 5.32 Å². The zero-order valence-electron chi connectivity index (χ0n) is 19.7. The number of nitrogens with zero attached hydrogens (tertiary/aromatic N) is 1. The highest BCUT2D eigenvalue weighted by Gasteiger charge is 2.19. The van der Waals surface area contributed by atoms with E-state index in [1.165, 1.54) is 70.6 Å². The van der Waals surface area contributed by atoms with Gasteiger partial charge in [0.05, 0.1) is 0 Å². The minimum absolute atomic E-state index is 0.0429. The Labute approximate surface area is 180 Å².